The van der Waals surface area contributed by atoms with Crippen molar-refractivity contribution in [3.05, 3.63) is 0 Å². The van der Waals surface area contributed by atoms with Gasteiger partial charge in [0.25, 0.3) is 0 Å². The molecule has 0 spiro atoms. The number of carbonyl (C=O) groups excluding carboxylic acids is 2. The van der Waals surface area contributed by atoms with E-state index >= 15 is 0 Å². The first kappa shape index (κ1) is 12.0. The Morgan fingerprint density at radius 2 is 1.29 bits per heavy atom. The Labute approximate surface area is 98.6 Å². The molecule has 2 aliphatic rings. The van der Waals surface area contributed by atoms with Crippen molar-refractivity contribution in [2.24, 2.45) is 0 Å². The van der Waals surface area contributed by atoms with Gasteiger partial charge in [0.2, 0.25) is 0 Å². The van der Waals surface area contributed by atoms with E-state index in [4.69, 9.17) is 0 Å². The summed E-state index contributed by atoms with van der Waals surface area (Å²) in [7, 11) is 0. The molecule has 0 amide bonds. The molecule has 0 saturated carbocycles. The van der Waals surface area contributed by atoms with Crippen molar-refractivity contribution in [3.63, 3.8) is 0 Å². The van der Waals surface area contributed by atoms with Crippen molar-refractivity contribution in [1.29, 1.82) is 0 Å². The normalized spacial score (nSPS) is 30.4. The van der Waals surface area contributed by atoms with E-state index in [1.54, 1.807) is 0 Å². The summed E-state index contributed by atoms with van der Waals surface area (Å²) in [6.07, 6.45) is 1.64. The van der Waals surface area contributed by atoms with Crippen molar-refractivity contribution < 1.29 is 19.1 Å². The summed E-state index contributed by atoms with van der Waals surface area (Å²) in [4.78, 5) is 20.5. The third kappa shape index (κ3) is 3.57. The topological polar surface area (TPSA) is 52.6 Å². The molecule has 2 rings (SSSR count). The first-order chi connectivity index (χ1) is 6.61. The molecule has 6 heteroatoms. The minimum absolute atomic E-state index is 0.0347. The highest BCUT2D eigenvalue weighted by atomic mass is 79.9. The second-order valence-corrected chi connectivity index (χ2v) is 5.06. The van der Waals surface area contributed by atoms with Gasteiger partial charge in [0.05, 0.1) is 13.2 Å². The highest BCUT2D eigenvalue weighted by Crippen LogP contribution is 2.14. The largest absolute Gasteiger partial charge is 0.465 e. The summed E-state index contributed by atoms with van der Waals surface area (Å²) in [6, 6.07) is 0. The molecule has 0 aromatic heterocycles. The number of esters is 2. The SMILES string of the molecule is O=C1OCCC1Br.O=C1OCCC1Br. The van der Waals surface area contributed by atoms with Crippen LogP contribution in [0.1, 0.15) is 12.8 Å². The monoisotopic (exact) mass is 328 g/mol. The molecule has 0 radical (unpaired) electrons. The minimum atomic E-state index is -0.125. The van der Waals surface area contributed by atoms with Crippen molar-refractivity contribution in [2.75, 3.05) is 13.2 Å². The highest BCUT2D eigenvalue weighted by Gasteiger charge is 2.22. The third-order valence-corrected chi connectivity index (χ3v) is 3.41. The molecule has 0 N–H and O–H groups in total. The Hall–Kier alpha value is -0.100. The van der Waals surface area contributed by atoms with Crippen molar-refractivity contribution in [3.8, 4) is 0 Å². The number of hydrogen-bond donors (Lipinski definition) is 0. The van der Waals surface area contributed by atoms with Crippen LogP contribution in [-0.2, 0) is 19.1 Å². The maximum absolute atomic E-state index is 10.3. The number of hydrogen-bond acceptors (Lipinski definition) is 4. The molecule has 0 bridgehead atoms. The Kier molecular flexibility index (Phi) is 4.88. The zero-order chi connectivity index (χ0) is 10.6. The summed E-state index contributed by atoms with van der Waals surface area (Å²) < 4.78 is 9.16. The average molecular weight is 330 g/mol. The smallest absolute Gasteiger partial charge is 0.319 e. The van der Waals surface area contributed by atoms with E-state index in [1.165, 1.54) is 0 Å². The maximum Gasteiger partial charge on any atom is 0.319 e. The van der Waals surface area contributed by atoms with Gasteiger partial charge in [-0.05, 0) is 0 Å². The minimum Gasteiger partial charge on any atom is -0.465 e. The molecule has 2 saturated heterocycles. The molecule has 14 heavy (non-hydrogen) atoms. The van der Waals surface area contributed by atoms with Crippen LogP contribution in [0.5, 0.6) is 0 Å². The number of cyclic esters (lactones) is 2. The maximum atomic E-state index is 10.3. The van der Waals surface area contributed by atoms with Gasteiger partial charge < -0.3 is 9.47 Å². The lowest BCUT2D eigenvalue weighted by Gasteiger charge is -1.86. The van der Waals surface area contributed by atoms with Gasteiger partial charge in [-0.25, -0.2) is 0 Å². The number of ether oxygens (including phenoxy) is 2. The van der Waals surface area contributed by atoms with E-state index in [-0.39, 0.29) is 21.6 Å². The quantitative estimate of drug-likeness (QED) is 0.498. The van der Waals surface area contributed by atoms with E-state index in [0.29, 0.717) is 13.2 Å². The van der Waals surface area contributed by atoms with Crippen LogP contribution in [0.25, 0.3) is 0 Å². The van der Waals surface area contributed by atoms with Crippen LogP contribution in [0.2, 0.25) is 0 Å². The summed E-state index contributed by atoms with van der Waals surface area (Å²) in [5, 5.41) is 0. The van der Waals surface area contributed by atoms with E-state index in [2.05, 4.69) is 41.3 Å². The van der Waals surface area contributed by atoms with Crippen LogP contribution in [0.3, 0.4) is 0 Å². The fraction of sp³-hybridized carbons (Fsp3) is 0.750. The number of halogens is 2. The fourth-order valence-corrected chi connectivity index (χ4v) is 1.58. The van der Waals surface area contributed by atoms with Crippen molar-refractivity contribution >= 4 is 43.8 Å². The Bertz CT molecular complexity index is 207. The van der Waals surface area contributed by atoms with E-state index < -0.39 is 0 Å². The second-order valence-electron chi connectivity index (χ2n) is 2.85. The molecular weight excluding hydrogens is 320 g/mol. The van der Waals surface area contributed by atoms with Crippen LogP contribution in [0.4, 0.5) is 0 Å². The lowest BCUT2D eigenvalue weighted by molar-refractivity contribution is -0.138. The Morgan fingerprint density at radius 3 is 1.36 bits per heavy atom. The first-order valence-electron chi connectivity index (χ1n) is 4.22. The molecule has 4 nitrogen and oxygen atoms in total. The summed E-state index contributed by atoms with van der Waals surface area (Å²) in [6.45, 7) is 1.16. The third-order valence-electron chi connectivity index (χ3n) is 1.74. The number of alkyl halides is 2. The molecular formula is C8H10Br2O4. The van der Waals surface area contributed by atoms with Crippen LogP contribution in [0, 0.1) is 0 Å². The van der Waals surface area contributed by atoms with Crippen molar-refractivity contribution in [2.45, 2.75) is 22.5 Å². The summed E-state index contributed by atoms with van der Waals surface area (Å²) in [5.74, 6) is -0.250. The van der Waals surface area contributed by atoms with E-state index in [9.17, 15) is 9.59 Å². The van der Waals surface area contributed by atoms with Gasteiger partial charge in [0.15, 0.2) is 0 Å². The van der Waals surface area contributed by atoms with Gasteiger partial charge in [-0.2, -0.15) is 0 Å². The number of rotatable bonds is 0. The molecule has 0 aromatic rings. The van der Waals surface area contributed by atoms with Gasteiger partial charge in [-0.15, -0.1) is 0 Å². The van der Waals surface area contributed by atoms with Crippen molar-refractivity contribution in [1.82, 2.24) is 0 Å². The van der Waals surface area contributed by atoms with E-state index in [1.807, 2.05) is 0 Å². The Balaban J connectivity index is 0.000000140. The van der Waals surface area contributed by atoms with Crippen LogP contribution < -0.4 is 0 Å². The lowest BCUT2D eigenvalue weighted by atomic mass is 10.4. The van der Waals surface area contributed by atoms with Crippen LogP contribution in [0.15, 0.2) is 0 Å². The van der Waals surface area contributed by atoms with Gasteiger partial charge in [0.1, 0.15) is 9.65 Å². The molecule has 2 heterocycles. The predicted octanol–water partition coefficient (Wildman–Crippen LogP) is 1.39. The molecule has 0 aromatic carbocycles. The zero-order valence-electron chi connectivity index (χ0n) is 7.37. The zero-order valence-corrected chi connectivity index (χ0v) is 10.5. The standard InChI is InChI=1S/2C4H5BrO2/c2*5-3-1-2-7-4(3)6/h2*3H,1-2H2. The predicted molar refractivity (Wildman–Crippen MR) is 56.6 cm³/mol. The molecule has 2 atom stereocenters. The molecule has 2 unspecified atom stereocenters. The van der Waals surface area contributed by atoms with Gasteiger partial charge >= 0.3 is 11.9 Å². The molecule has 2 fully saturated rings. The van der Waals surface area contributed by atoms with Gasteiger partial charge in [-0.1, -0.05) is 31.9 Å². The second kappa shape index (κ2) is 5.70. The van der Waals surface area contributed by atoms with Crippen LogP contribution in [-0.4, -0.2) is 34.8 Å². The first-order valence-corrected chi connectivity index (χ1v) is 6.06. The Morgan fingerprint density at radius 1 is 0.929 bits per heavy atom. The number of carbonyl (C=O) groups is 2. The van der Waals surface area contributed by atoms with Gasteiger partial charge in [0, 0.05) is 12.8 Å². The van der Waals surface area contributed by atoms with Gasteiger partial charge in [-0.3, -0.25) is 9.59 Å². The molecule has 80 valence electrons. The van der Waals surface area contributed by atoms with E-state index in [0.717, 1.165) is 12.8 Å². The highest BCUT2D eigenvalue weighted by molar-refractivity contribution is 9.10. The molecule has 0 aliphatic carbocycles. The van der Waals surface area contributed by atoms with Crippen LogP contribution >= 0.6 is 31.9 Å². The summed E-state index contributed by atoms with van der Waals surface area (Å²) >= 11 is 6.26. The molecule has 2 aliphatic heterocycles. The average Bonchev–Trinajstić information content (AvgIpc) is 2.67. The lowest BCUT2D eigenvalue weighted by Crippen LogP contribution is -2.03. The fourth-order valence-electron chi connectivity index (χ4n) is 0.943. The summed E-state index contributed by atoms with van der Waals surface area (Å²) in [5.41, 5.74) is 0.